The predicted molar refractivity (Wildman–Crippen MR) is 73.7 cm³/mol. The second-order valence-corrected chi connectivity index (χ2v) is 5.14. The zero-order valence-electron chi connectivity index (χ0n) is 10.8. The molecule has 0 aliphatic carbocycles. The van der Waals surface area contributed by atoms with Crippen LogP contribution in [0.5, 0.6) is 0 Å². The smallest absolute Gasteiger partial charge is 0.349 e. The van der Waals surface area contributed by atoms with E-state index in [2.05, 4.69) is 20.2 Å². The van der Waals surface area contributed by atoms with E-state index in [0.29, 0.717) is 21.5 Å². The molecule has 0 saturated heterocycles. The maximum absolute atomic E-state index is 11.5. The minimum Gasteiger partial charge on any atom is -0.478 e. The molecule has 0 aliphatic rings. The van der Waals surface area contributed by atoms with Gasteiger partial charge in [0.25, 0.3) is 0 Å². The highest BCUT2D eigenvalue weighted by Gasteiger charge is 2.14. The summed E-state index contributed by atoms with van der Waals surface area (Å²) in [6, 6.07) is 4.63. The standard InChI is InChI=1S/C12H9N5O3S/c1-6-14-9(5-8-15-16-12(20)17(6)8)21-10-7(11(18)19)3-2-4-13-10/h2-5H,1H3,(H,16,20)(H,18,19). The number of pyridine rings is 1. The van der Waals surface area contributed by atoms with Crippen LogP contribution in [0.25, 0.3) is 5.65 Å². The predicted octanol–water partition coefficient (Wildman–Crippen LogP) is 0.970. The lowest BCUT2D eigenvalue weighted by molar-refractivity contribution is 0.0692. The molecule has 3 rings (SSSR count). The number of aromatic amines is 1. The summed E-state index contributed by atoms with van der Waals surface area (Å²) >= 11 is 1.11. The molecular weight excluding hydrogens is 294 g/mol. The molecule has 3 aromatic rings. The molecule has 0 amide bonds. The van der Waals surface area contributed by atoms with Crippen molar-refractivity contribution in [1.82, 2.24) is 24.6 Å². The highest BCUT2D eigenvalue weighted by Crippen LogP contribution is 2.27. The Hall–Kier alpha value is -2.68. The van der Waals surface area contributed by atoms with Gasteiger partial charge in [0.15, 0.2) is 5.65 Å². The van der Waals surface area contributed by atoms with E-state index in [1.165, 1.54) is 16.7 Å². The molecule has 0 spiro atoms. The zero-order chi connectivity index (χ0) is 15.0. The number of nitrogens with zero attached hydrogens (tertiary/aromatic N) is 4. The van der Waals surface area contributed by atoms with E-state index in [-0.39, 0.29) is 11.3 Å². The molecule has 0 radical (unpaired) electrons. The Kier molecular flexibility index (Phi) is 3.18. The number of hydrogen-bond acceptors (Lipinski definition) is 6. The Morgan fingerprint density at radius 2 is 2.29 bits per heavy atom. The van der Waals surface area contributed by atoms with Gasteiger partial charge in [0.2, 0.25) is 0 Å². The summed E-state index contributed by atoms with van der Waals surface area (Å²) < 4.78 is 1.33. The summed E-state index contributed by atoms with van der Waals surface area (Å²) in [6.07, 6.45) is 1.51. The van der Waals surface area contributed by atoms with Crippen molar-refractivity contribution < 1.29 is 9.90 Å². The first-order valence-corrected chi connectivity index (χ1v) is 6.69. The number of hydrogen-bond donors (Lipinski definition) is 2. The van der Waals surface area contributed by atoms with Crippen LogP contribution in [0, 0.1) is 6.92 Å². The van der Waals surface area contributed by atoms with E-state index in [0.717, 1.165) is 11.8 Å². The van der Waals surface area contributed by atoms with Crippen LogP contribution < -0.4 is 5.69 Å². The van der Waals surface area contributed by atoms with Crippen molar-refractivity contribution in [1.29, 1.82) is 0 Å². The third-order valence-corrected chi connectivity index (χ3v) is 3.69. The lowest BCUT2D eigenvalue weighted by atomic mass is 10.3. The van der Waals surface area contributed by atoms with Crippen LogP contribution >= 0.6 is 11.8 Å². The van der Waals surface area contributed by atoms with Crippen molar-refractivity contribution in [3.8, 4) is 0 Å². The first-order valence-electron chi connectivity index (χ1n) is 5.87. The third kappa shape index (κ3) is 2.38. The second-order valence-electron chi connectivity index (χ2n) is 4.13. The number of rotatable bonds is 3. The lowest BCUT2D eigenvalue weighted by Gasteiger charge is -2.05. The fourth-order valence-corrected chi connectivity index (χ4v) is 2.78. The molecule has 21 heavy (non-hydrogen) atoms. The van der Waals surface area contributed by atoms with E-state index >= 15 is 0 Å². The van der Waals surface area contributed by atoms with Gasteiger partial charge in [-0.1, -0.05) is 0 Å². The summed E-state index contributed by atoms with van der Waals surface area (Å²) in [7, 11) is 0. The number of aryl methyl sites for hydroxylation is 1. The van der Waals surface area contributed by atoms with Crippen LogP contribution in [-0.4, -0.2) is 35.6 Å². The molecule has 3 aromatic heterocycles. The number of aromatic nitrogens is 5. The van der Waals surface area contributed by atoms with Gasteiger partial charge in [-0.25, -0.2) is 29.1 Å². The first kappa shape index (κ1) is 13.3. The monoisotopic (exact) mass is 303 g/mol. The highest BCUT2D eigenvalue weighted by atomic mass is 32.2. The molecular formula is C12H9N5O3S. The van der Waals surface area contributed by atoms with E-state index in [4.69, 9.17) is 5.11 Å². The molecule has 0 atom stereocenters. The van der Waals surface area contributed by atoms with Crippen molar-refractivity contribution in [2.75, 3.05) is 0 Å². The van der Waals surface area contributed by atoms with E-state index in [9.17, 15) is 9.59 Å². The Morgan fingerprint density at radius 1 is 1.48 bits per heavy atom. The van der Waals surface area contributed by atoms with Gasteiger partial charge in [-0.3, -0.25) is 0 Å². The Morgan fingerprint density at radius 3 is 3.05 bits per heavy atom. The maximum atomic E-state index is 11.5. The number of H-pyrrole nitrogens is 1. The highest BCUT2D eigenvalue weighted by molar-refractivity contribution is 7.99. The summed E-state index contributed by atoms with van der Waals surface area (Å²) in [5.74, 6) is -0.596. The molecule has 0 fully saturated rings. The van der Waals surface area contributed by atoms with Gasteiger partial charge in [-0.05, 0) is 30.8 Å². The van der Waals surface area contributed by atoms with Crippen molar-refractivity contribution in [3.63, 3.8) is 0 Å². The molecule has 8 nitrogen and oxygen atoms in total. The van der Waals surface area contributed by atoms with Gasteiger partial charge in [0, 0.05) is 12.3 Å². The topological polar surface area (TPSA) is 113 Å². The number of carbonyl (C=O) groups is 1. The van der Waals surface area contributed by atoms with Gasteiger partial charge in [0.1, 0.15) is 15.9 Å². The summed E-state index contributed by atoms with van der Waals surface area (Å²) in [5.41, 5.74) is 0.152. The van der Waals surface area contributed by atoms with Gasteiger partial charge in [-0.15, -0.1) is 0 Å². The zero-order valence-corrected chi connectivity index (χ0v) is 11.6. The van der Waals surface area contributed by atoms with E-state index in [1.807, 2.05) is 0 Å². The minimum absolute atomic E-state index is 0.0984. The van der Waals surface area contributed by atoms with Crippen LogP contribution in [-0.2, 0) is 0 Å². The number of carboxylic acids is 1. The van der Waals surface area contributed by atoms with Crippen LogP contribution in [0.4, 0.5) is 0 Å². The van der Waals surface area contributed by atoms with Crippen LogP contribution in [0.2, 0.25) is 0 Å². The van der Waals surface area contributed by atoms with Crippen molar-refractivity contribution in [2.45, 2.75) is 17.0 Å². The summed E-state index contributed by atoms with van der Waals surface area (Å²) in [5, 5.41) is 16.2. The van der Waals surface area contributed by atoms with E-state index < -0.39 is 5.97 Å². The molecule has 0 bridgehead atoms. The van der Waals surface area contributed by atoms with Gasteiger partial charge in [0.05, 0.1) is 5.56 Å². The molecule has 0 unspecified atom stereocenters. The number of nitrogens with one attached hydrogen (secondary N) is 1. The van der Waals surface area contributed by atoms with Crippen LogP contribution in [0.15, 0.2) is 39.2 Å². The average molecular weight is 303 g/mol. The SMILES string of the molecule is Cc1nc(Sc2ncccc2C(=O)O)cc2n[nH]c(=O)n12. The van der Waals surface area contributed by atoms with Gasteiger partial charge >= 0.3 is 11.7 Å². The summed E-state index contributed by atoms with van der Waals surface area (Å²) in [6.45, 7) is 1.67. The van der Waals surface area contributed by atoms with Crippen LogP contribution in [0.3, 0.4) is 0 Å². The normalized spacial score (nSPS) is 10.9. The average Bonchev–Trinajstić information content (AvgIpc) is 2.81. The Labute approximate surface area is 121 Å². The molecule has 2 N–H and O–H groups in total. The number of carboxylic acid groups (broad SMARTS) is 1. The quantitative estimate of drug-likeness (QED) is 0.693. The molecule has 3 heterocycles. The van der Waals surface area contributed by atoms with Crippen LogP contribution in [0.1, 0.15) is 16.2 Å². The number of aromatic carboxylic acids is 1. The second kappa shape index (κ2) is 5.02. The fraction of sp³-hybridized carbons (Fsp3) is 0.0833. The minimum atomic E-state index is -1.06. The lowest BCUT2D eigenvalue weighted by Crippen LogP contribution is -2.13. The molecule has 0 aliphatic heterocycles. The first-order chi connectivity index (χ1) is 10.1. The molecule has 9 heteroatoms. The maximum Gasteiger partial charge on any atom is 0.349 e. The molecule has 0 saturated carbocycles. The fourth-order valence-electron chi connectivity index (χ4n) is 1.86. The third-order valence-electron chi connectivity index (χ3n) is 2.75. The number of fused-ring (bicyclic) bond motifs is 1. The largest absolute Gasteiger partial charge is 0.478 e. The van der Waals surface area contributed by atoms with E-state index in [1.54, 1.807) is 19.1 Å². The van der Waals surface area contributed by atoms with Crippen molar-refractivity contribution in [2.24, 2.45) is 0 Å². The Bertz CT molecular complexity index is 901. The molecule has 0 aromatic carbocycles. The van der Waals surface area contributed by atoms with Crippen molar-refractivity contribution >= 4 is 23.4 Å². The molecule has 106 valence electrons. The van der Waals surface area contributed by atoms with Gasteiger partial charge < -0.3 is 5.11 Å². The Balaban J connectivity index is 2.07. The van der Waals surface area contributed by atoms with Gasteiger partial charge in [-0.2, -0.15) is 5.10 Å². The van der Waals surface area contributed by atoms with Crippen molar-refractivity contribution in [3.05, 3.63) is 46.3 Å². The summed E-state index contributed by atoms with van der Waals surface area (Å²) in [4.78, 5) is 31.0.